The van der Waals surface area contributed by atoms with Crippen molar-refractivity contribution in [1.82, 2.24) is 5.32 Å². The monoisotopic (exact) mass is 486 g/mol. The van der Waals surface area contributed by atoms with Crippen LogP contribution in [0.3, 0.4) is 0 Å². The van der Waals surface area contributed by atoms with E-state index >= 15 is 0 Å². The van der Waals surface area contributed by atoms with Gasteiger partial charge in [-0.15, -0.1) is 0 Å². The third-order valence-electron chi connectivity index (χ3n) is 6.19. The van der Waals surface area contributed by atoms with Crippen LogP contribution in [0.4, 0.5) is 27.6 Å². The molecule has 0 aromatic heterocycles. The third-order valence-corrected chi connectivity index (χ3v) is 6.19. The van der Waals surface area contributed by atoms with Crippen LogP contribution in [0.15, 0.2) is 30.3 Å². The van der Waals surface area contributed by atoms with Crippen LogP contribution in [0.2, 0.25) is 0 Å². The fourth-order valence-electron chi connectivity index (χ4n) is 4.04. The number of amides is 2. The van der Waals surface area contributed by atoms with Crippen molar-refractivity contribution < 1.29 is 41.4 Å². The number of hydrogen-bond acceptors (Lipinski definition) is 4. The number of carbonyl (C=O) groups is 2. The Morgan fingerprint density at radius 2 is 1.85 bits per heavy atom. The van der Waals surface area contributed by atoms with E-state index in [-0.39, 0.29) is 17.2 Å². The second-order valence-corrected chi connectivity index (χ2v) is 8.19. The van der Waals surface area contributed by atoms with Crippen LogP contribution < -0.4 is 15.4 Å². The molecule has 11 heteroatoms. The van der Waals surface area contributed by atoms with E-state index < -0.39 is 53.3 Å². The summed E-state index contributed by atoms with van der Waals surface area (Å²) in [5.74, 6) is -9.96. The number of hydrogen-bond donors (Lipinski definition) is 3. The average molecular weight is 486 g/mol. The summed E-state index contributed by atoms with van der Waals surface area (Å²) in [5, 5.41) is 15.9. The zero-order valence-electron chi connectivity index (χ0n) is 18.5. The number of aliphatic hydroxyl groups excluding tert-OH is 1. The number of rotatable bonds is 7. The predicted octanol–water partition coefficient (Wildman–Crippen LogP) is 4.13. The van der Waals surface area contributed by atoms with Crippen LogP contribution >= 0.6 is 0 Å². The number of aliphatic hydroxyl groups is 1. The number of nitrogens with one attached hydrogen (secondary N) is 2. The first kappa shape index (κ1) is 25.4. The molecule has 3 rings (SSSR count). The number of methoxy groups -OCH3 is 1. The van der Waals surface area contributed by atoms with Crippen LogP contribution in [0.25, 0.3) is 0 Å². The van der Waals surface area contributed by atoms with Gasteiger partial charge in [0.15, 0.2) is 11.6 Å². The average Bonchev–Trinajstić information content (AvgIpc) is 3.15. The summed E-state index contributed by atoms with van der Waals surface area (Å²) >= 11 is 0. The molecular formula is C23H23F5N2O4. The SMILES string of the molecule is COc1c(C(C(O)C(=O)Nc2ccc3c(c2)C(=O)NC3)[C@H](C)[C@@H](C)C(F)(F)F)ccc(F)c1F. The van der Waals surface area contributed by atoms with E-state index in [1.165, 1.54) is 12.1 Å². The van der Waals surface area contributed by atoms with Crippen molar-refractivity contribution in [3.05, 3.63) is 58.7 Å². The normalized spacial score (nSPS) is 16.8. The Balaban J connectivity index is 1.99. The van der Waals surface area contributed by atoms with Gasteiger partial charge in [-0.3, -0.25) is 9.59 Å². The number of anilines is 1. The minimum absolute atomic E-state index is 0.132. The Hall–Kier alpha value is -3.21. The first-order chi connectivity index (χ1) is 15.9. The quantitative estimate of drug-likeness (QED) is 0.514. The molecule has 34 heavy (non-hydrogen) atoms. The highest BCUT2D eigenvalue weighted by molar-refractivity contribution is 6.01. The summed E-state index contributed by atoms with van der Waals surface area (Å²) in [7, 11) is 0.998. The first-order valence-corrected chi connectivity index (χ1v) is 10.4. The van der Waals surface area contributed by atoms with Gasteiger partial charge >= 0.3 is 6.18 Å². The first-order valence-electron chi connectivity index (χ1n) is 10.4. The summed E-state index contributed by atoms with van der Waals surface area (Å²) in [6.45, 7) is 2.34. The molecule has 2 aromatic rings. The van der Waals surface area contributed by atoms with Crippen LogP contribution in [-0.2, 0) is 11.3 Å². The molecule has 1 heterocycles. The Kier molecular flexibility index (Phi) is 7.15. The van der Waals surface area contributed by atoms with Crippen LogP contribution in [0.1, 0.15) is 41.3 Å². The summed E-state index contributed by atoms with van der Waals surface area (Å²) in [4.78, 5) is 24.7. The molecule has 0 aliphatic carbocycles. The van der Waals surface area contributed by atoms with Crippen molar-refractivity contribution in [3.8, 4) is 5.75 Å². The molecule has 2 aromatic carbocycles. The molecule has 1 aliphatic rings. The van der Waals surface area contributed by atoms with Crippen molar-refractivity contribution in [2.75, 3.05) is 12.4 Å². The summed E-state index contributed by atoms with van der Waals surface area (Å²) in [6, 6.07) is 6.10. The van der Waals surface area contributed by atoms with E-state index in [0.717, 1.165) is 27.0 Å². The lowest BCUT2D eigenvalue weighted by Crippen LogP contribution is -2.40. The van der Waals surface area contributed by atoms with Gasteiger partial charge in [0.25, 0.3) is 11.8 Å². The predicted molar refractivity (Wildman–Crippen MR) is 112 cm³/mol. The lowest BCUT2D eigenvalue weighted by atomic mass is 9.75. The van der Waals surface area contributed by atoms with Crippen molar-refractivity contribution >= 4 is 17.5 Å². The Bertz CT molecular complexity index is 1110. The topological polar surface area (TPSA) is 87.7 Å². The molecule has 4 atom stereocenters. The van der Waals surface area contributed by atoms with Gasteiger partial charge in [-0.05, 0) is 29.7 Å². The number of ether oxygens (including phenoxy) is 1. The van der Waals surface area contributed by atoms with Crippen molar-refractivity contribution in [2.45, 2.75) is 38.6 Å². The molecule has 0 fully saturated rings. The highest BCUT2D eigenvalue weighted by Crippen LogP contribution is 2.44. The Labute approximate surface area is 192 Å². The second-order valence-electron chi connectivity index (χ2n) is 8.19. The number of halogens is 5. The van der Waals surface area contributed by atoms with Gasteiger partial charge in [-0.1, -0.05) is 26.0 Å². The van der Waals surface area contributed by atoms with Crippen LogP contribution in [-0.4, -0.2) is 36.3 Å². The molecule has 0 spiro atoms. The van der Waals surface area contributed by atoms with Crippen LogP contribution in [0, 0.1) is 23.5 Å². The van der Waals surface area contributed by atoms with Gasteiger partial charge in [-0.25, -0.2) is 4.39 Å². The standard InChI is InChI=1S/C23H23F5N2O4/c1-10(11(2)23(26,27)28)17(14-6-7-16(24)18(25)20(14)34-3)19(31)22(33)30-13-5-4-12-9-29-21(32)15(12)8-13/h4-8,10-11,17,19,31H,9H2,1-3H3,(H,29,32)(H,30,33)/t10-,11-,17?,19?/m1/s1. The van der Waals surface area contributed by atoms with E-state index in [4.69, 9.17) is 4.74 Å². The molecule has 0 saturated heterocycles. The number of benzene rings is 2. The number of alkyl halides is 3. The Morgan fingerprint density at radius 1 is 1.18 bits per heavy atom. The molecule has 3 N–H and O–H groups in total. The molecule has 0 saturated carbocycles. The summed E-state index contributed by atoms with van der Waals surface area (Å²) in [6.07, 6.45) is -6.78. The van der Waals surface area contributed by atoms with Gasteiger partial charge in [0.1, 0.15) is 6.10 Å². The molecular weight excluding hydrogens is 463 g/mol. The Morgan fingerprint density at radius 3 is 2.47 bits per heavy atom. The maximum atomic E-state index is 14.4. The van der Waals surface area contributed by atoms with Crippen LogP contribution in [0.5, 0.6) is 5.75 Å². The second kappa shape index (κ2) is 9.57. The maximum absolute atomic E-state index is 14.4. The van der Waals surface area contributed by atoms with Crippen molar-refractivity contribution in [1.29, 1.82) is 0 Å². The molecule has 0 bridgehead atoms. The van der Waals surface area contributed by atoms with Crippen molar-refractivity contribution in [2.24, 2.45) is 11.8 Å². The maximum Gasteiger partial charge on any atom is 0.391 e. The highest BCUT2D eigenvalue weighted by atomic mass is 19.4. The van der Waals surface area contributed by atoms with E-state index in [2.05, 4.69) is 10.6 Å². The molecule has 1 aliphatic heterocycles. The van der Waals surface area contributed by atoms with Gasteiger partial charge in [0.05, 0.1) is 13.0 Å². The zero-order chi connectivity index (χ0) is 25.4. The van der Waals surface area contributed by atoms with E-state index in [1.807, 2.05) is 0 Å². The lowest BCUT2D eigenvalue weighted by molar-refractivity contribution is -0.186. The van der Waals surface area contributed by atoms with Gasteiger partial charge in [0.2, 0.25) is 5.82 Å². The molecule has 2 amide bonds. The zero-order valence-corrected chi connectivity index (χ0v) is 18.5. The van der Waals surface area contributed by atoms with Gasteiger partial charge < -0.3 is 20.5 Å². The van der Waals surface area contributed by atoms with E-state index in [9.17, 15) is 36.6 Å². The summed E-state index contributed by atoms with van der Waals surface area (Å²) < 4.78 is 73.4. The van der Waals surface area contributed by atoms with E-state index in [0.29, 0.717) is 23.7 Å². The fraction of sp³-hybridized carbons (Fsp3) is 0.391. The molecule has 184 valence electrons. The molecule has 2 unspecified atom stereocenters. The largest absolute Gasteiger partial charge is 0.493 e. The lowest BCUT2D eigenvalue weighted by Gasteiger charge is -2.34. The smallest absolute Gasteiger partial charge is 0.391 e. The van der Waals surface area contributed by atoms with Gasteiger partial charge in [-0.2, -0.15) is 17.6 Å². The number of fused-ring (bicyclic) bond motifs is 1. The molecule has 6 nitrogen and oxygen atoms in total. The fourth-order valence-corrected chi connectivity index (χ4v) is 4.04. The van der Waals surface area contributed by atoms with E-state index in [1.54, 1.807) is 6.07 Å². The number of carbonyl (C=O) groups excluding carboxylic acids is 2. The third kappa shape index (κ3) is 4.84. The minimum Gasteiger partial charge on any atom is -0.493 e. The highest BCUT2D eigenvalue weighted by Gasteiger charge is 2.46. The van der Waals surface area contributed by atoms with Crippen molar-refractivity contribution in [3.63, 3.8) is 0 Å². The molecule has 0 radical (unpaired) electrons. The summed E-state index contributed by atoms with van der Waals surface area (Å²) in [5.41, 5.74) is 0.846. The van der Waals surface area contributed by atoms with Gasteiger partial charge in [0, 0.05) is 29.3 Å². The minimum atomic E-state index is -4.69.